The quantitative estimate of drug-likeness (QED) is 0.795. The van der Waals surface area contributed by atoms with E-state index >= 15 is 0 Å². The van der Waals surface area contributed by atoms with Crippen LogP contribution in [-0.2, 0) is 6.54 Å². The Hall–Kier alpha value is -2.21. The fraction of sp³-hybridized carbons (Fsp3) is 0.357. The van der Waals surface area contributed by atoms with Gasteiger partial charge in [-0.15, -0.1) is 0 Å². The van der Waals surface area contributed by atoms with Gasteiger partial charge in [0.25, 0.3) is 0 Å². The van der Waals surface area contributed by atoms with E-state index in [1.54, 1.807) is 12.4 Å². The summed E-state index contributed by atoms with van der Waals surface area (Å²) in [7, 11) is 4.09. The van der Waals surface area contributed by atoms with Crippen molar-refractivity contribution in [1.82, 2.24) is 19.9 Å². The molecule has 0 amide bonds. The van der Waals surface area contributed by atoms with Crippen molar-refractivity contribution in [2.24, 2.45) is 0 Å². The summed E-state index contributed by atoms with van der Waals surface area (Å²) in [4.78, 5) is 14.8. The molecular weight excluding hydrogens is 252 g/mol. The van der Waals surface area contributed by atoms with Crippen LogP contribution in [-0.4, -0.2) is 47.0 Å². The summed E-state index contributed by atoms with van der Waals surface area (Å²) in [5, 5.41) is 6.46. The molecule has 2 rings (SSSR count). The number of pyridine rings is 1. The third kappa shape index (κ3) is 4.81. The lowest BCUT2D eigenvalue weighted by atomic mass is 10.3. The lowest BCUT2D eigenvalue weighted by molar-refractivity contribution is 0.425. The van der Waals surface area contributed by atoms with E-state index in [-0.39, 0.29) is 0 Å². The van der Waals surface area contributed by atoms with Crippen LogP contribution in [0.2, 0.25) is 0 Å². The molecule has 6 heteroatoms. The van der Waals surface area contributed by atoms with Crippen LogP contribution in [0.5, 0.6) is 0 Å². The number of likely N-dealkylation sites (N-methyl/N-ethyl adjacent to an activating group) is 1. The number of hydrogen-bond donors (Lipinski definition) is 2. The van der Waals surface area contributed by atoms with Gasteiger partial charge in [-0.1, -0.05) is 6.07 Å². The Morgan fingerprint density at radius 1 is 1.15 bits per heavy atom. The van der Waals surface area contributed by atoms with Crippen LogP contribution in [0.15, 0.2) is 36.8 Å². The normalized spacial score (nSPS) is 10.6. The van der Waals surface area contributed by atoms with Crippen molar-refractivity contribution >= 4 is 11.8 Å². The van der Waals surface area contributed by atoms with E-state index in [0.717, 1.165) is 24.5 Å². The molecule has 0 fully saturated rings. The molecule has 0 atom stereocenters. The van der Waals surface area contributed by atoms with Gasteiger partial charge in [0.1, 0.15) is 5.82 Å². The van der Waals surface area contributed by atoms with Gasteiger partial charge in [0.15, 0.2) is 0 Å². The van der Waals surface area contributed by atoms with Gasteiger partial charge in [-0.3, -0.25) is 4.98 Å². The molecule has 106 valence electrons. The first kappa shape index (κ1) is 14.2. The maximum Gasteiger partial charge on any atom is 0.224 e. The minimum absolute atomic E-state index is 0.615. The van der Waals surface area contributed by atoms with Crippen LogP contribution in [0.25, 0.3) is 0 Å². The highest BCUT2D eigenvalue weighted by Crippen LogP contribution is 2.07. The molecule has 0 aliphatic carbocycles. The Bertz CT molecular complexity index is 514. The molecule has 0 radical (unpaired) electrons. The molecule has 2 aromatic rings. The molecule has 0 spiro atoms. The summed E-state index contributed by atoms with van der Waals surface area (Å²) in [5.41, 5.74) is 1.10. The van der Waals surface area contributed by atoms with Gasteiger partial charge in [-0.25, -0.2) is 4.98 Å². The summed E-state index contributed by atoms with van der Waals surface area (Å²) in [6.45, 7) is 2.48. The van der Waals surface area contributed by atoms with E-state index in [9.17, 15) is 0 Å². The van der Waals surface area contributed by atoms with Crippen LogP contribution in [0.3, 0.4) is 0 Å². The molecule has 0 aliphatic heterocycles. The fourth-order valence-corrected chi connectivity index (χ4v) is 1.63. The first-order chi connectivity index (χ1) is 9.74. The second-order valence-electron chi connectivity index (χ2n) is 4.71. The molecule has 2 aromatic heterocycles. The fourth-order valence-electron chi connectivity index (χ4n) is 1.63. The molecule has 0 saturated carbocycles. The zero-order valence-corrected chi connectivity index (χ0v) is 11.9. The smallest absolute Gasteiger partial charge is 0.224 e. The molecule has 6 nitrogen and oxygen atoms in total. The van der Waals surface area contributed by atoms with Gasteiger partial charge in [0.05, 0.1) is 0 Å². The van der Waals surface area contributed by atoms with Crippen molar-refractivity contribution in [3.8, 4) is 0 Å². The molecular formula is C14H20N6. The summed E-state index contributed by atoms with van der Waals surface area (Å²) < 4.78 is 0. The van der Waals surface area contributed by atoms with Crippen molar-refractivity contribution in [2.75, 3.05) is 37.8 Å². The first-order valence-electron chi connectivity index (χ1n) is 6.58. The second kappa shape index (κ2) is 7.40. The predicted octanol–water partition coefficient (Wildman–Crippen LogP) is 1.46. The largest absolute Gasteiger partial charge is 0.369 e. The number of nitrogens with zero attached hydrogens (tertiary/aromatic N) is 4. The summed E-state index contributed by atoms with van der Waals surface area (Å²) in [6.07, 6.45) is 5.33. The van der Waals surface area contributed by atoms with Crippen molar-refractivity contribution < 1.29 is 0 Å². The number of nitrogens with one attached hydrogen (secondary N) is 2. The SMILES string of the molecule is CN(C)CCNc1ccnc(NCc2cccnc2)n1. The number of anilines is 2. The van der Waals surface area contributed by atoms with E-state index in [1.165, 1.54) is 0 Å². The molecule has 2 heterocycles. The number of hydrogen-bond acceptors (Lipinski definition) is 6. The van der Waals surface area contributed by atoms with Gasteiger partial charge < -0.3 is 15.5 Å². The lowest BCUT2D eigenvalue weighted by Crippen LogP contribution is -2.21. The first-order valence-corrected chi connectivity index (χ1v) is 6.58. The average Bonchev–Trinajstić information content (AvgIpc) is 2.46. The minimum Gasteiger partial charge on any atom is -0.369 e. The Morgan fingerprint density at radius 2 is 2.05 bits per heavy atom. The van der Waals surface area contributed by atoms with E-state index in [1.807, 2.05) is 38.5 Å². The molecule has 2 N–H and O–H groups in total. The van der Waals surface area contributed by atoms with Crippen LogP contribution in [0, 0.1) is 0 Å². The van der Waals surface area contributed by atoms with Crippen LogP contribution in [0.4, 0.5) is 11.8 Å². The molecule has 0 aliphatic rings. The highest BCUT2D eigenvalue weighted by Gasteiger charge is 1.99. The van der Waals surface area contributed by atoms with Crippen molar-refractivity contribution in [3.05, 3.63) is 42.4 Å². The van der Waals surface area contributed by atoms with Crippen molar-refractivity contribution in [2.45, 2.75) is 6.54 Å². The molecule has 0 bridgehead atoms. The second-order valence-corrected chi connectivity index (χ2v) is 4.71. The Labute approximate surface area is 119 Å². The Kier molecular flexibility index (Phi) is 5.25. The van der Waals surface area contributed by atoms with Crippen LogP contribution in [0.1, 0.15) is 5.56 Å². The van der Waals surface area contributed by atoms with E-state index in [0.29, 0.717) is 12.5 Å². The third-order valence-electron chi connectivity index (χ3n) is 2.69. The highest BCUT2D eigenvalue weighted by molar-refractivity contribution is 5.39. The van der Waals surface area contributed by atoms with E-state index < -0.39 is 0 Å². The maximum absolute atomic E-state index is 4.41. The van der Waals surface area contributed by atoms with Crippen LogP contribution >= 0.6 is 0 Å². The predicted molar refractivity (Wildman–Crippen MR) is 80.6 cm³/mol. The zero-order valence-electron chi connectivity index (χ0n) is 11.9. The molecule has 0 saturated heterocycles. The monoisotopic (exact) mass is 272 g/mol. The lowest BCUT2D eigenvalue weighted by Gasteiger charge is -2.11. The molecule has 20 heavy (non-hydrogen) atoms. The van der Waals surface area contributed by atoms with Gasteiger partial charge in [0, 0.05) is 38.2 Å². The zero-order chi connectivity index (χ0) is 14.2. The third-order valence-corrected chi connectivity index (χ3v) is 2.69. The van der Waals surface area contributed by atoms with Gasteiger partial charge >= 0.3 is 0 Å². The van der Waals surface area contributed by atoms with Crippen LogP contribution < -0.4 is 10.6 Å². The van der Waals surface area contributed by atoms with Gasteiger partial charge in [-0.2, -0.15) is 4.98 Å². The minimum atomic E-state index is 0.615. The summed E-state index contributed by atoms with van der Waals surface area (Å²) >= 11 is 0. The number of rotatable bonds is 7. The van der Waals surface area contributed by atoms with Crippen molar-refractivity contribution in [1.29, 1.82) is 0 Å². The van der Waals surface area contributed by atoms with Gasteiger partial charge in [-0.05, 0) is 31.8 Å². The van der Waals surface area contributed by atoms with Crippen molar-refractivity contribution in [3.63, 3.8) is 0 Å². The molecule has 0 aromatic carbocycles. The van der Waals surface area contributed by atoms with E-state index in [4.69, 9.17) is 0 Å². The van der Waals surface area contributed by atoms with Gasteiger partial charge in [0.2, 0.25) is 5.95 Å². The number of aromatic nitrogens is 3. The molecule has 0 unspecified atom stereocenters. The summed E-state index contributed by atoms with van der Waals surface area (Å²) in [6, 6.07) is 5.79. The highest BCUT2D eigenvalue weighted by atomic mass is 15.1. The maximum atomic E-state index is 4.41. The average molecular weight is 272 g/mol. The standard InChI is InChI=1S/C14H20N6/c1-20(2)9-8-16-13-5-7-17-14(19-13)18-11-12-4-3-6-15-10-12/h3-7,10H,8-9,11H2,1-2H3,(H2,16,17,18,19). The topological polar surface area (TPSA) is 66.0 Å². The Balaban J connectivity index is 1.86. The Morgan fingerprint density at radius 3 is 2.80 bits per heavy atom. The summed E-state index contributed by atoms with van der Waals surface area (Å²) in [5.74, 6) is 1.44. The van der Waals surface area contributed by atoms with E-state index in [2.05, 4.69) is 30.5 Å².